The van der Waals surface area contributed by atoms with Crippen LogP contribution in [-0.4, -0.2) is 77.8 Å². The standard InChI is InChI=1S/C30H35N11O2/c1-5-32-25-14-31-15-27(36-25)43-20-9-10-41(16-20)17-26(42)35-23-8-6-7-21-22(13-33-29(21)23)28-18(2)12-34-30(38-28)37-24-11-19(3)40(4)39-24/h6-8,11-15,20,33H,5,9-10,16-17H2,1-4H3,(H,32,36)(H,35,42)(H,34,37,38,39)/t20-/m0/s1. The van der Waals surface area contributed by atoms with E-state index in [0.717, 1.165) is 52.9 Å². The van der Waals surface area contributed by atoms with Crippen LogP contribution in [0.25, 0.3) is 22.2 Å². The van der Waals surface area contributed by atoms with Gasteiger partial charge in [0.2, 0.25) is 17.7 Å². The molecule has 0 saturated carbocycles. The minimum absolute atomic E-state index is 0.0504. The maximum atomic E-state index is 13.1. The first kappa shape index (κ1) is 28.1. The van der Waals surface area contributed by atoms with Crippen LogP contribution in [0.5, 0.6) is 5.88 Å². The number of hydrogen-bond acceptors (Lipinski definition) is 10. The Morgan fingerprint density at radius 1 is 1.16 bits per heavy atom. The zero-order valence-corrected chi connectivity index (χ0v) is 24.7. The summed E-state index contributed by atoms with van der Waals surface area (Å²) < 4.78 is 7.84. The van der Waals surface area contributed by atoms with Crippen LogP contribution in [0.1, 0.15) is 24.6 Å². The molecular formula is C30H35N11O2. The van der Waals surface area contributed by atoms with Gasteiger partial charge in [0.15, 0.2) is 5.82 Å². The SMILES string of the molecule is CCNc1cncc(O[C@H]2CCN(CC(=O)Nc3cccc4c(-c5nc(Nc6cc(C)n(C)n6)ncc5C)c[nH]c34)C2)n1. The summed E-state index contributed by atoms with van der Waals surface area (Å²) in [7, 11) is 1.89. The van der Waals surface area contributed by atoms with Crippen molar-refractivity contribution in [1.82, 2.24) is 39.6 Å². The molecule has 1 atom stereocenters. The highest BCUT2D eigenvalue weighted by atomic mass is 16.5. The molecule has 0 bridgehead atoms. The highest BCUT2D eigenvalue weighted by Crippen LogP contribution is 2.33. The second-order valence-electron chi connectivity index (χ2n) is 10.7. The van der Waals surface area contributed by atoms with Crippen molar-refractivity contribution in [2.45, 2.75) is 33.3 Å². The van der Waals surface area contributed by atoms with Crippen LogP contribution >= 0.6 is 0 Å². The number of H-pyrrole nitrogens is 1. The van der Waals surface area contributed by atoms with E-state index in [1.54, 1.807) is 23.3 Å². The van der Waals surface area contributed by atoms with Crippen molar-refractivity contribution >= 4 is 40.1 Å². The monoisotopic (exact) mass is 581 g/mol. The number of nitrogens with zero attached hydrogens (tertiary/aromatic N) is 7. The molecule has 6 rings (SSSR count). The number of likely N-dealkylation sites (tertiary alicyclic amines) is 1. The first-order valence-corrected chi connectivity index (χ1v) is 14.3. The molecule has 0 spiro atoms. The third kappa shape index (κ3) is 6.26. The summed E-state index contributed by atoms with van der Waals surface area (Å²) in [5.41, 5.74) is 5.23. The molecule has 1 amide bonds. The third-order valence-corrected chi connectivity index (χ3v) is 7.42. The lowest BCUT2D eigenvalue weighted by atomic mass is 10.1. The largest absolute Gasteiger partial charge is 0.472 e. The molecule has 1 aliphatic heterocycles. The van der Waals surface area contributed by atoms with Gasteiger partial charge >= 0.3 is 0 Å². The number of rotatable bonds is 10. The van der Waals surface area contributed by atoms with Crippen molar-refractivity contribution in [1.29, 1.82) is 0 Å². The molecule has 1 fully saturated rings. The molecule has 1 saturated heterocycles. The van der Waals surface area contributed by atoms with Gasteiger partial charge in [-0.25, -0.2) is 9.97 Å². The average molecular weight is 582 g/mol. The normalized spacial score (nSPS) is 15.1. The van der Waals surface area contributed by atoms with Gasteiger partial charge in [-0.05, 0) is 38.8 Å². The zero-order valence-electron chi connectivity index (χ0n) is 24.7. The number of aryl methyl sites for hydroxylation is 3. The molecule has 13 nitrogen and oxygen atoms in total. The lowest BCUT2D eigenvalue weighted by Gasteiger charge is -2.16. The zero-order chi connectivity index (χ0) is 29.9. The van der Waals surface area contributed by atoms with Crippen LogP contribution < -0.4 is 20.7 Å². The van der Waals surface area contributed by atoms with Crippen molar-refractivity contribution in [3.63, 3.8) is 0 Å². The van der Waals surface area contributed by atoms with E-state index in [0.29, 0.717) is 35.7 Å². The number of ether oxygens (including phenoxy) is 1. The Kier molecular flexibility index (Phi) is 7.88. The van der Waals surface area contributed by atoms with Crippen LogP contribution in [0, 0.1) is 13.8 Å². The number of benzene rings is 1. The first-order chi connectivity index (χ1) is 20.9. The van der Waals surface area contributed by atoms with Crippen molar-refractivity contribution in [3.8, 4) is 17.1 Å². The van der Waals surface area contributed by atoms with E-state index in [1.165, 1.54) is 0 Å². The molecule has 0 unspecified atom stereocenters. The predicted molar refractivity (Wildman–Crippen MR) is 166 cm³/mol. The summed E-state index contributed by atoms with van der Waals surface area (Å²) >= 11 is 0. The molecule has 4 aromatic heterocycles. The number of carbonyl (C=O) groups is 1. The Bertz CT molecular complexity index is 1740. The van der Waals surface area contributed by atoms with Crippen molar-refractivity contribution < 1.29 is 9.53 Å². The average Bonchev–Trinajstić information content (AvgIpc) is 3.69. The van der Waals surface area contributed by atoms with E-state index in [4.69, 9.17) is 9.72 Å². The van der Waals surface area contributed by atoms with E-state index in [1.807, 2.05) is 58.3 Å². The Morgan fingerprint density at radius 2 is 2.05 bits per heavy atom. The van der Waals surface area contributed by atoms with Gasteiger partial charge in [-0.3, -0.25) is 19.4 Å². The topological polar surface area (TPSA) is 151 Å². The maximum absolute atomic E-state index is 13.1. The number of fused-ring (bicyclic) bond motifs is 1. The second-order valence-corrected chi connectivity index (χ2v) is 10.7. The summed E-state index contributed by atoms with van der Waals surface area (Å²) in [5, 5.41) is 14.8. The Morgan fingerprint density at radius 3 is 2.86 bits per heavy atom. The van der Waals surface area contributed by atoms with Crippen molar-refractivity contribution in [2.75, 3.05) is 42.1 Å². The van der Waals surface area contributed by atoms with Gasteiger partial charge in [-0.15, -0.1) is 0 Å². The summed E-state index contributed by atoms with van der Waals surface area (Å²) in [6.07, 6.45) is 7.76. The number of hydrogen-bond donors (Lipinski definition) is 4. The molecule has 43 heavy (non-hydrogen) atoms. The summed E-state index contributed by atoms with van der Waals surface area (Å²) in [4.78, 5) is 36.4. The van der Waals surface area contributed by atoms with E-state index in [-0.39, 0.29) is 18.6 Å². The number of amides is 1. The minimum Gasteiger partial charge on any atom is -0.472 e. The second kappa shape index (κ2) is 12.1. The highest BCUT2D eigenvalue weighted by molar-refractivity contribution is 6.06. The van der Waals surface area contributed by atoms with E-state index >= 15 is 0 Å². The number of para-hydroxylation sites is 1. The van der Waals surface area contributed by atoms with E-state index in [9.17, 15) is 4.79 Å². The van der Waals surface area contributed by atoms with Gasteiger partial charge in [0.25, 0.3) is 0 Å². The molecular weight excluding hydrogens is 546 g/mol. The minimum atomic E-state index is -0.0893. The lowest BCUT2D eigenvalue weighted by Crippen LogP contribution is -2.33. The fraction of sp³-hybridized carbons (Fsp3) is 0.333. The van der Waals surface area contributed by atoms with Crippen LogP contribution in [0.4, 0.5) is 23.3 Å². The number of nitrogens with one attached hydrogen (secondary N) is 4. The Balaban J connectivity index is 1.12. The van der Waals surface area contributed by atoms with E-state index < -0.39 is 0 Å². The van der Waals surface area contributed by atoms with Crippen LogP contribution in [0.3, 0.4) is 0 Å². The third-order valence-electron chi connectivity index (χ3n) is 7.42. The summed E-state index contributed by atoms with van der Waals surface area (Å²) in [6.45, 7) is 8.39. The van der Waals surface area contributed by atoms with Crippen molar-refractivity contribution in [3.05, 3.63) is 60.3 Å². The molecule has 222 valence electrons. The number of aromatic amines is 1. The van der Waals surface area contributed by atoms with Gasteiger partial charge in [-0.2, -0.15) is 10.1 Å². The molecule has 5 aromatic rings. The van der Waals surface area contributed by atoms with Gasteiger partial charge in [0, 0.05) is 61.8 Å². The van der Waals surface area contributed by atoms with E-state index in [2.05, 4.69) is 45.9 Å². The van der Waals surface area contributed by atoms with Crippen LogP contribution in [0.2, 0.25) is 0 Å². The van der Waals surface area contributed by atoms with Gasteiger partial charge in [0.05, 0.1) is 35.8 Å². The highest BCUT2D eigenvalue weighted by Gasteiger charge is 2.26. The van der Waals surface area contributed by atoms with Gasteiger partial charge in [0.1, 0.15) is 11.9 Å². The summed E-state index contributed by atoms with van der Waals surface area (Å²) in [6, 6.07) is 7.79. The smallest absolute Gasteiger partial charge is 0.238 e. The fourth-order valence-corrected chi connectivity index (χ4v) is 5.24. The first-order valence-electron chi connectivity index (χ1n) is 14.3. The Hall–Kier alpha value is -5.04. The molecule has 13 heteroatoms. The Labute approximate surface area is 249 Å². The van der Waals surface area contributed by atoms with Gasteiger partial charge < -0.3 is 25.7 Å². The fourth-order valence-electron chi connectivity index (χ4n) is 5.24. The quantitative estimate of drug-likeness (QED) is 0.190. The van der Waals surface area contributed by atoms with Crippen LogP contribution in [0.15, 0.2) is 49.1 Å². The molecule has 1 aliphatic rings. The van der Waals surface area contributed by atoms with Crippen molar-refractivity contribution in [2.24, 2.45) is 7.05 Å². The van der Waals surface area contributed by atoms with Gasteiger partial charge in [-0.1, -0.05) is 12.1 Å². The maximum Gasteiger partial charge on any atom is 0.238 e. The summed E-state index contributed by atoms with van der Waals surface area (Å²) in [5.74, 6) is 2.22. The molecule has 4 N–H and O–H groups in total. The molecule has 0 aliphatic carbocycles. The predicted octanol–water partition coefficient (Wildman–Crippen LogP) is 4.03. The van der Waals surface area contributed by atoms with Crippen LogP contribution in [-0.2, 0) is 11.8 Å². The number of carbonyl (C=O) groups excluding carboxylic acids is 1. The lowest BCUT2D eigenvalue weighted by molar-refractivity contribution is -0.117. The number of aromatic nitrogens is 7. The molecule has 5 heterocycles. The number of anilines is 4. The molecule has 1 aromatic carbocycles. The molecule has 0 radical (unpaired) electrons.